The Labute approximate surface area is 113 Å². The van der Waals surface area contributed by atoms with Crippen molar-refractivity contribution in [1.29, 1.82) is 0 Å². The topological polar surface area (TPSA) is 29.3 Å². The van der Waals surface area contributed by atoms with E-state index < -0.39 is 34.6 Å². The van der Waals surface area contributed by atoms with E-state index in [1.165, 1.54) is 0 Å². The lowest BCUT2D eigenvalue weighted by molar-refractivity contribution is 0.165. The molecule has 0 aromatic heterocycles. The molecule has 2 N–H and O–H groups in total. The van der Waals surface area contributed by atoms with E-state index in [2.05, 4.69) is 0 Å². The lowest BCUT2D eigenvalue weighted by Crippen LogP contribution is -2.38. The van der Waals surface area contributed by atoms with Gasteiger partial charge in [0, 0.05) is 18.7 Å². The van der Waals surface area contributed by atoms with E-state index in [9.17, 15) is 22.0 Å². The highest BCUT2D eigenvalue weighted by molar-refractivity contribution is 5.24. The van der Waals surface area contributed by atoms with Crippen molar-refractivity contribution >= 4 is 0 Å². The summed E-state index contributed by atoms with van der Waals surface area (Å²) in [5.41, 5.74) is 4.76. The molecule has 1 atom stereocenters. The van der Waals surface area contributed by atoms with Crippen LogP contribution in [0.3, 0.4) is 0 Å². The van der Waals surface area contributed by atoms with Gasteiger partial charge in [0.25, 0.3) is 0 Å². The zero-order valence-corrected chi connectivity index (χ0v) is 10.7. The molecule has 1 saturated heterocycles. The molecule has 1 aromatic carbocycles. The van der Waals surface area contributed by atoms with Crippen molar-refractivity contribution in [1.82, 2.24) is 4.90 Å². The van der Waals surface area contributed by atoms with Crippen molar-refractivity contribution in [3.05, 3.63) is 34.6 Å². The summed E-state index contributed by atoms with van der Waals surface area (Å²) in [5, 5.41) is 0. The summed E-state index contributed by atoms with van der Waals surface area (Å²) in [6.45, 7) is 1.18. The molecule has 7 heteroatoms. The van der Waals surface area contributed by atoms with Crippen molar-refractivity contribution in [2.75, 3.05) is 19.6 Å². The zero-order valence-electron chi connectivity index (χ0n) is 10.7. The number of benzene rings is 1. The van der Waals surface area contributed by atoms with Gasteiger partial charge in [0.1, 0.15) is 0 Å². The molecule has 0 aliphatic carbocycles. The Morgan fingerprint density at radius 1 is 0.950 bits per heavy atom. The predicted molar refractivity (Wildman–Crippen MR) is 63.3 cm³/mol. The van der Waals surface area contributed by atoms with Crippen LogP contribution in [0.5, 0.6) is 0 Å². The molecule has 1 unspecified atom stereocenters. The van der Waals surface area contributed by atoms with Gasteiger partial charge in [0.2, 0.25) is 5.82 Å². The highest BCUT2D eigenvalue weighted by atomic mass is 19.2. The average Bonchev–Trinajstić information content (AvgIpc) is 2.48. The fourth-order valence-corrected chi connectivity index (χ4v) is 2.50. The molecular weight excluding hydrogens is 279 g/mol. The summed E-state index contributed by atoms with van der Waals surface area (Å²) in [4.78, 5) is 1.67. The first-order valence-corrected chi connectivity index (χ1v) is 6.38. The van der Waals surface area contributed by atoms with Crippen LogP contribution < -0.4 is 5.73 Å². The van der Waals surface area contributed by atoms with Crippen LogP contribution in [-0.2, 0) is 6.54 Å². The highest BCUT2D eigenvalue weighted by Gasteiger charge is 2.28. The average molecular weight is 294 g/mol. The van der Waals surface area contributed by atoms with Gasteiger partial charge in [0.05, 0.1) is 0 Å². The number of hydrogen-bond donors (Lipinski definition) is 1. The van der Waals surface area contributed by atoms with Gasteiger partial charge in [0.15, 0.2) is 23.3 Å². The second-order valence-corrected chi connectivity index (χ2v) is 5.03. The first-order valence-electron chi connectivity index (χ1n) is 6.38. The van der Waals surface area contributed by atoms with Gasteiger partial charge in [-0.1, -0.05) is 0 Å². The standard InChI is InChI=1S/C13H15F5N2/c14-9-8(10(15)12(17)13(18)11(9)16)6-20-3-1-2-7(4-19)5-20/h7H,1-6,19H2. The minimum absolute atomic E-state index is 0.185. The minimum Gasteiger partial charge on any atom is -0.330 e. The minimum atomic E-state index is -2.12. The number of piperidine rings is 1. The lowest BCUT2D eigenvalue weighted by Gasteiger charge is -2.32. The van der Waals surface area contributed by atoms with Crippen LogP contribution in [0.1, 0.15) is 18.4 Å². The molecule has 2 nitrogen and oxygen atoms in total. The van der Waals surface area contributed by atoms with Crippen molar-refractivity contribution in [3.8, 4) is 0 Å². The fraction of sp³-hybridized carbons (Fsp3) is 0.538. The van der Waals surface area contributed by atoms with Crippen molar-refractivity contribution in [2.24, 2.45) is 11.7 Å². The van der Waals surface area contributed by atoms with Gasteiger partial charge >= 0.3 is 0 Å². The largest absolute Gasteiger partial charge is 0.330 e. The van der Waals surface area contributed by atoms with E-state index in [0.29, 0.717) is 19.6 Å². The molecule has 0 radical (unpaired) electrons. The third-order valence-corrected chi connectivity index (χ3v) is 3.62. The Kier molecular flexibility index (Phi) is 4.59. The SMILES string of the molecule is NCC1CCCN(Cc2c(F)c(F)c(F)c(F)c2F)C1. The Balaban J connectivity index is 2.25. The van der Waals surface area contributed by atoms with Crippen molar-refractivity contribution in [3.63, 3.8) is 0 Å². The predicted octanol–water partition coefficient (Wildman–Crippen LogP) is 2.55. The molecule has 1 aliphatic rings. The first kappa shape index (κ1) is 15.2. The molecular formula is C13H15F5N2. The van der Waals surface area contributed by atoms with Gasteiger partial charge in [-0.15, -0.1) is 0 Å². The highest BCUT2D eigenvalue weighted by Crippen LogP contribution is 2.25. The van der Waals surface area contributed by atoms with Gasteiger partial charge < -0.3 is 5.73 Å². The van der Waals surface area contributed by atoms with Crippen molar-refractivity contribution < 1.29 is 22.0 Å². The second kappa shape index (κ2) is 6.05. The monoisotopic (exact) mass is 294 g/mol. The van der Waals surface area contributed by atoms with Crippen LogP contribution in [-0.4, -0.2) is 24.5 Å². The third-order valence-electron chi connectivity index (χ3n) is 3.62. The maximum atomic E-state index is 13.6. The van der Waals surface area contributed by atoms with Gasteiger partial charge in [-0.05, 0) is 31.8 Å². The molecule has 1 aromatic rings. The molecule has 1 aliphatic heterocycles. The van der Waals surface area contributed by atoms with E-state index in [1.807, 2.05) is 0 Å². The summed E-state index contributed by atoms with van der Waals surface area (Å²) in [6.07, 6.45) is 1.70. The van der Waals surface area contributed by atoms with Gasteiger partial charge in [-0.3, -0.25) is 4.90 Å². The van der Waals surface area contributed by atoms with E-state index in [1.54, 1.807) is 4.90 Å². The normalized spacial score (nSPS) is 20.4. The number of likely N-dealkylation sites (tertiary alicyclic amines) is 1. The summed E-state index contributed by atoms with van der Waals surface area (Å²) >= 11 is 0. The molecule has 20 heavy (non-hydrogen) atoms. The molecule has 1 heterocycles. The zero-order chi connectivity index (χ0) is 14.9. The Morgan fingerprint density at radius 3 is 2.05 bits per heavy atom. The molecule has 0 bridgehead atoms. The summed E-state index contributed by atoms with van der Waals surface area (Å²) < 4.78 is 66.3. The maximum absolute atomic E-state index is 13.6. The number of nitrogens with two attached hydrogens (primary N) is 1. The van der Waals surface area contributed by atoms with Crippen LogP contribution >= 0.6 is 0 Å². The quantitative estimate of drug-likeness (QED) is 0.527. The summed E-state index contributed by atoms with van der Waals surface area (Å²) in [5.74, 6) is -9.24. The number of nitrogens with zero attached hydrogens (tertiary/aromatic N) is 1. The third kappa shape index (κ3) is 2.78. The number of halogens is 5. The summed E-state index contributed by atoms with van der Waals surface area (Å²) in [7, 11) is 0. The lowest BCUT2D eigenvalue weighted by atomic mass is 9.97. The van der Waals surface area contributed by atoms with E-state index in [-0.39, 0.29) is 12.5 Å². The van der Waals surface area contributed by atoms with Crippen LogP contribution in [0.25, 0.3) is 0 Å². The Bertz CT molecular complexity index is 477. The van der Waals surface area contributed by atoms with Gasteiger partial charge in [-0.25, -0.2) is 22.0 Å². The van der Waals surface area contributed by atoms with Crippen LogP contribution in [0.4, 0.5) is 22.0 Å². The van der Waals surface area contributed by atoms with E-state index in [4.69, 9.17) is 5.73 Å². The number of rotatable bonds is 3. The molecule has 0 saturated carbocycles. The van der Waals surface area contributed by atoms with Crippen molar-refractivity contribution in [2.45, 2.75) is 19.4 Å². The van der Waals surface area contributed by atoms with Crippen LogP contribution in [0, 0.1) is 35.0 Å². The maximum Gasteiger partial charge on any atom is 0.200 e. The van der Waals surface area contributed by atoms with E-state index in [0.717, 1.165) is 12.8 Å². The molecule has 1 fully saturated rings. The Morgan fingerprint density at radius 2 is 1.50 bits per heavy atom. The first-order chi connectivity index (χ1) is 9.45. The Hall–Kier alpha value is -1.21. The summed E-state index contributed by atoms with van der Waals surface area (Å²) in [6, 6.07) is 0. The fourth-order valence-electron chi connectivity index (χ4n) is 2.50. The molecule has 2 rings (SSSR count). The van der Waals surface area contributed by atoms with Gasteiger partial charge in [-0.2, -0.15) is 0 Å². The smallest absolute Gasteiger partial charge is 0.200 e. The van der Waals surface area contributed by atoms with E-state index >= 15 is 0 Å². The second-order valence-electron chi connectivity index (χ2n) is 5.03. The molecule has 112 valence electrons. The van der Waals surface area contributed by atoms with Crippen LogP contribution in [0.2, 0.25) is 0 Å². The molecule has 0 amide bonds. The number of hydrogen-bond acceptors (Lipinski definition) is 2. The van der Waals surface area contributed by atoms with Crippen LogP contribution in [0.15, 0.2) is 0 Å². The molecule has 0 spiro atoms.